The van der Waals surface area contributed by atoms with Crippen LogP contribution in [-0.2, 0) is 10.2 Å². The predicted molar refractivity (Wildman–Crippen MR) is 75.9 cm³/mol. The molecule has 0 saturated carbocycles. The molecule has 1 fully saturated rings. The number of carbonyl (C=O) groups excluding carboxylic acids is 1. The van der Waals surface area contributed by atoms with E-state index in [-0.39, 0.29) is 17.2 Å². The molecule has 4 heteroatoms. The molecule has 2 atom stereocenters. The van der Waals surface area contributed by atoms with Gasteiger partial charge >= 0.3 is 0 Å². The van der Waals surface area contributed by atoms with Crippen LogP contribution < -0.4 is 10.6 Å². The Hall–Kier alpha value is -0.870. The summed E-state index contributed by atoms with van der Waals surface area (Å²) >= 11 is 1.75. The molecule has 1 aromatic rings. The van der Waals surface area contributed by atoms with Gasteiger partial charge in [0.15, 0.2) is 0 Å². The first-order chi connectivity index (χ1) is 8.50. The van der Waals surface area contributed by atoms with Crippen LogP contribution in [0.15, 0.2) is 17.5 Å². The Balaban J connectivity index is 1.89. The summed E-state index contributed by atoms with van der Waals surface area (Å²) in [4.78, 5) is 13.4. The zero-order valence-corrected chi connectivity index (χ0v) is 12.1. The largest absolute Gasteiger partial charge is 0.355 e. The average molecular weight is 266 g/mol. The molecule has 1 aliphatic heterocycles. The maximum Gasteiger partial charge on any atom is 0.224 e. The molecule has 18 heavy (non-hydrogen) atoms. The van der Waals surface area contributed by atoms with Crippen LogP contribution in [0.2, 0.25) is 0 Å². The van der Waals surface area contributed by atoms with Gasteiger partial charge < -0.3 is 10.6 Å². The van der Waals surface area contributed by atoms with E-state index in [0.717, 1.165) is 13.0 Å². The standard InChI is InChI=1S/C14H22N2OS/c1-10-11(6-7-15-10)13(17)16-9-14(2,3)12-5-4-8-18-12/h4-5,8,10-11,15H,6-7,9H2,1-3H3,(H,16,17). The van der Waals surface area contributed by atoms with Crippen molar-refractivity contribution in [3.8, 4) is 0 Å². The maximum absolute atomic E-state index is 12.1. The minimum atomic E-state index is 0.0130. The quantitative estimate of drug-likeness (QED) is 0.876. The summed E-state index contributed by atoms with van der Waals surface area (Å²) in [5, 5.41) is 8.51. The van der Waals surface area contributed by atoms with Crippen LogP contribution in [0.3, 0.4) is 0 Å². The number of carbonyl (C=O) groups is 1. The lowest BCUT2D eigenvalue weighted by Crippen LogP contribution is -2.42. The van der Waals surface area contributed by atoms with Gasteiger partial charge in [0.1, 0.15) is 0 Å². The SMILES string of the molecule is CC1NCCC1C(=O)NCC(C)(C)c1cccs1. The molecular weight excluding hydrogens is 244 g/mol. The van der Waals surface area contributed by atoms with Gasteiger partial charge in [0.05, 0.1) is 5.92 Å². The van der Waals surface area contributed by atoms with E-state index in [9.17, 15) is 4.79 Å². The van der Waals surface area contributed by atoms with Crippen LogP contribution in [-0.4, -0.2) is 25.0 Å². The molecule has 1 aliphatic rings. The van der Waals surface area contributed by atoms with Crippen molar-refractivity contribution in [1.82, 2.24) is 10.6 Å². The highest BCUT2D eigenvalue weighted by Crippen LogP contribution is 2.27. The predicted octanol–water partition coefficient (Wildman–Crippen LogP) is 2.14. The van der Waals surface area contributed by atoms with E-state index in [1.807, 2.05) is 0 Å². The van der Waals surface area contributed by atoms with Crippen LogP contribution in [0.25, 0.3) is 0 Å². The van der Waals surface area contributed by atoms with Crippen molar-refractivity contribution in [1.29, 1.82) is 0 Å². The number of nitrogens with one attached hydrogen (secondary N) is 2. The van der Waals surface area contributed by atoms with Crippen LogP contribution >= 0.6 is 11.3 Å². The van der Waals surface area contributed by atoms with Crippen molar-refractivity contribution in [3.05, 3.63) is 22.4 Å². The minimum Gasteiger partial charge on any atom is -0.355 e. The fourth-order valence-corrected chi connectivity index (χ4v) is 3.26. The molecule has 0 aromatic carbocycles. The van der Waals surface area contributed by atoms with Gasteiger partial charge in [-0.25, -0.2) is 0 Å². The van der Waals surface area contributed by atoms with Gasteiger partial charge in [0.2, 0.25) is 5.91 Å². The molecule has 2 N–H and O–H groups in total. The van der Waals surface area contributed by atoms with Crippen molar-refractivity contribution in [2.24, 2.45) is 5.92 Å². The molecule has 0 radical (unpaired) electrons. The number of rotatable bonds is 4. The van der Waals surface area contributed by atoms with E-state index >= 15 is 0 Å². The third-order valence-corrected chi connectivity index (χ3v) is 4.99. The summed E-state index contributed by atoms with van der Waals surface area (Å²) in [6.07, 6.45) is 0.951. The zero-order chi connectivity index (χ0) is 13.2. The van der Waals surface area contributed by atoms with E-state index in [1.165, 1.54) is 4.88 Å². The topological polar surface area (TPSA) is 41.1 Å². The molecule has 0 bridgehead atoms. The van der Waals surface area contributed by atoms with Gasteiger partial charge in [0.25, 0.3) is 0 Å². The Bertz CT molecular complexity index is 400. The van der Waals surface area contributed by atoms with E-state index in [2.05, 4.69) is 48.9 Å². The highest BCUT2D eigenvalue weighted by atomic mass is 32.1. The first-order valence-electron chi connectivity index (χ1n) is 6.56. The van der Waals surface area contributed by atoms with Gasteiger partial charge in [-0.3, -0.25) is 4.79 Å². The normalized spacial score (nSPS) is 24.2. The second kappa shape index (κ2) is 5.41. The van der Waals surface area contributed by atoms with Crippen molar-refractivity contribution < 1.29 is 4.79 Å². The second-order valence-electron chi connectivity index (χ2n) is 5.72. The number of amides is 1. The molecule has 3 nitrogen and oxygen atoms in total. The average Bonchev–Trinajstić information content (AvgIpc) is 2.96. The Morgan fingerprint density at radius 3 is 2.94 bits per heavy atom. The van der Waals surface area contributed by atoms with Crippen molar-refractivity contribution in [2.45, 2.75) is 38.6 Å². The van der Waals surface area contributed by atoms with Crippen molar-refractivity contribution in [2.75, 3.05) is 13.1 Å². The summed E-state index contributed by atoms with van der Waals surface area (Å²) in [6, 6.07) is 4.50. The van der Waals surface area contributed by atoms with Gasteiger partial charge in [-0.15, -0.1) is 11.3 Å². The monoisotopic (exact) mass is 266 g/mol. The summed E-state index contributed by atoms with van der Waals surface area (Å²) in [6.45, 7) is 8.09. The van der Waals surface area contributed by atoms with Crippen LogP contribution in [0.5, 0.6) is 0 Å². The zero-order valence-electron chi connectivity index (χ0n) is 11.3. The summed E-state index contributed by atoms with van der Waals surface area (Å²) < 4.78 is 0. The first-order valence-corrected chi connectivity index (χ1v) is 7.44. The second-order valence-corrected chi connectivity index (χ2v) is 6.66. The molecule has 1 aromatic heterocycles. The number of thiophene rings is 1. The molecule has 2 unspecified atom stereocenters. The molecule has 2 rings (SSSR count). The van der Waals surface area contributed by atoms with E-state index < -0.39 is 0 Å². The maximum atomic E-state index is 12.1. The Morgan fingerprint density at radius 1 is 1.61 bits per heavy atom. The molecule has 1 saturated heterocycles. The fourth-order valence-electron chi connectivity index (χ4n) is 2.41. The summed E-state index contributed by atoms with van der Waals surface area (Å²) in [5.41, 5.74) is 0.0130. The Labute approximate surface area is 113 Å². The third kappa shape index (κ3) is 2.93. The van der Waals surface area contributed by atoms with Crippen LogP contribution in [0, 0.1) is 5.92 Å². The van der Waals surface area contributed by atoms with Crippen LogP contribution in [0.1, 0.15) is 32.1 Å². The smallest absolute Gasteiger partial charge is 0.224 e. The Morgan fingerprint density at radius 2 is 2.39 bits per heavy atom. The lowest BCUT2D eigenvalue weighted by Gasteiger charge is -2.25. The fraction of sp³-hybridized carbons (Fsp3) is 0.643. The summed E-state index contributed by atoms with van der Waals surface area (Å²) in [5.74, 6) is 0.321. The van der Waals surface area contributed by atoms with Crippen molar-refractivity contribution >= 4 is 17.2 Å². The third-order valence-electron chi connectivity index (χ3n) is 3.75. The molecule has 1 amide bonds. The lowest BCUT2D eigenvalue weighted by atomic mass is 9.91. The van der Waals surface area contributed by atoms with Crippen LogP contribution in [0.4, 0.5) is 0 Å². The number of hydrogen-bond acceptors (Lipinski definition) is 3. The molecular formula is C14H22N2OS. The molecule has 100 valence electrons. The van der Waals surface area contributed by atoms with Gasteiger partial charge in [-0.05, 0) is 31.3 Å². The van der Waals surface area contributed by atoms with Gasteiger partial charge in [-0.1, -0.05) is 19.9 Å². The Kier molecular flexibility index (Phi) is 4.07. The highest BCUT2D eigenvalue weighted by molar-refractivity contribution is 7.10. The van der Waals surface area contributed by atoms with Gasteiger partial charge in [0, 0.05) is 22.9 Å². The van der Waals surface area contributed by atoms with E-state index in [0.29, 0.717) is 12.6 Å². The highest BCUT2D eigenvalue weighted by Gasteiger charge is 2.30. The summed E-state index contributed by atoms with van der Waals surface area (Å²) in [7, 11) is 0. The molecule has 0 aliphatic carbocycles. The minimum absolute atomic E-state index is 0.0130. The van der Waals surface area contributed by atoms with E-state index in [1.54, 1.807) is 11.3 Å². The van der Waals surface area contributed by atoms with Crippen molar-refractivity contribution in [3.63, 3.8) is 0 Å². The molecule has 0 spiro atoms. The van der Waals surface area contributed by atoms with Gasteiger partial charge in [-0.2, -0.15) is 0 Å². The number of hydrogen-bond donors (Lipinski definition) is 2. The molecule has 2 heterocycles. The first kappa shape index (κ1) is 13.6. The lowest BCUT2D eigenvalue weighted by molar-refractivity contribution is -0.125. The van der Waals surface area contributed by atoms with E-state index in [4.69, 9.17) is 0 Å².